The van der Waals surface area contributed by atoms with E-state index in [2.05, 4.69) is 30.3 Å². The van der Waals surface area contributed by atoms with Crippen molar-refractivity contribution < 1.29 is 4.74 Å². The number of anilines is 1. The van der Waals surface area contributed by atoms with E-state index in [4.69, 9.17) is 10.5 Å². The predicted molar refractivity (Wildman–Crippen MR) is 97.3 cm³/mol. The number of hydrogen-bond acceptors (Lipinski definition) is 2. The Hall–Kier alpha value is -3.00. The molecule has 0 saturated heterocycles. The van der Waals surface area contributed by atoms with Crippen LogP contribution in [0.25, 0.3) is 11.6 Å². The highest BCUT2D eigenvalue weighted by Gasteiger charge is 2.10. The summed E-state index contributed by atoms with van der Waals surface area (Å²) in [5, 5.41) is 0. The van der Waals surface area contributed by atoms with Gasteiger partial charge in [-0.25, -0.2) is 0 Å². The minimum Gasteiger partial charge on any atom is -0.497 e. The maximum atomic E-state index is 6.24. The Morgan fingerprint density at radius 2 is 1.52 bits per heavy atom. The number of benzene rings is 3. The van der Waals surface area contributed by atoms with Crippen molar-refractivity contribution in [2.75, 3.05) is 12.8 Å². The van der Waals surface area contributed by atoms with E-state index in [1.165, 1.54) is 0 Å². The molecule has 0 bridgehead atoms. The van der Waals surface area contributed by atoms with E-state index in [-0.39, 0.29) is 0 Å². The summed E-state index contributed by atoms with van der Waals surface area (Å²) in [7, 11) is 1.67. The number of nitrogens with two attached hydrogens (primary N) is 1. The Bertz CT molecular complexity index is 808. The van der Waals surface area contributed by atoms with Crippen LogP contribution in [-0.2, 0) is 0 Å². The summed E-state index contributed by atoms with van der Waals surface area (Å²) in [6, 6.07) is 26.2. The van der Waals surface area contributed by atoms with Crippen LogP contribution >= 0.6 is 0 Å². The topological polar surface area (TPSA) is 35.2 Å². The second-order valence-electron chi connectivity index (χ2n) is 5.29. The number of hydrogen-bond donors (Lipinski definition) is 1. The molecule has 3 aromatic carbocycles. The van der Waals surface area contributed by atoms with E-state index in [1.807, 2.05) is 54.6 Å². The first-order valence-electron chi connectivity index (χ1n) is 7.54. The second-order valence-corrected chi connectivity index (χ2v) is 5.29. The van der Waals surface area contributed by atoms with E-state index in [0.717, 1.165) is 33.7 Å². The molecule has 0 aliphatic rings. The average molecular weight is 301 g/mol. The summed E-state index contributed by atoms with van der Waals surface area (Å²) >= 11 is 0. The molecule has 3 rings (SSSR count). The van der Waals surface area contributed by atoms with Crippen LogP contribution in [0.3, 0.4) is 0 Å². The van der Waals surface area contributed by atoms with Gasteiger partial charge in [0.1, 0.15) is 5.75 Å². The van der Waals surface area contributed by atoms with Crippen molar-refractivity contribution in [3.63, 3.8) is 0 Å². The van der Waals surface area contributed by atoms with Crippen LogP contribution in [-0.4, -0.2) is 7.11 Å². The van der Waals surface area contributed by atoms with Gasteiger partial charge in [-0.1, -0.05) is 60.7 Å². The molecule has 114 valence electrons. The molecule has 0 aromatic heterocycles. The SMILES string of the molecule is COc1ccc(N)c(/C(=C/c2ccccc2)c2ccccc2)c1. The highest BCUT2D eigenvalue weighted by Crippen LogP contribution is 2.32. The van der Waals surface area contributed by atoms with Crippen LogP contribution in [0.15, 0.2) is 78.9 Å². The lowest BCUT2D eigenvalue weighted by Crippen LogP contribution is -1.97. The first kappa shape index (κ1) is 14.9. The fourth-order valence-electron chi connectivity index (χ4n) is 2.55. The number of ether oxygens (including phenoxy) is 1. The summed E-state index contributed by atoms with van der Waals surface area (Å²) in [5.74, 6) is 0.795. The Morgan fingerprint density at radius 3 is 2.17 bits per heavy atom. The van der Waals surface area contributed by atoms with Gasteiger partial charge in [-0.3, -0.25) is 0 Å². The zero-order valence-electron chi connectivity index (χ0n) is 13.1. The zero-order chi connectivity index (χ0) is 16.1. The summed E-state index contributed by atoms with van der Waals surface area (Å²) in [6.07, 6.45) is 2.15. The van der Waals surface area contributed by atoms with Crippen LogP contribution in [0, 0.1) is 0 Å². The summed E-state index contributed by atoms with van der Waals surface area (Å²) < 4.78 is 5.36. The first-order valence-corrected chi connectivity index (χ1v) is 7.54. The third-order valence-corrected chi connectivity index (χ3v) is 3.75. The lowest BCUT2D eigenvalue weighted by molar-refractivity contribution is 0.415. The van der Waals surface area contributed by atoms with Crippen molar-refractivity contribution in [3.8, 4) is 5.75 Å². The quantitative estimate of drug-likeness (QED) is 0.551. The van der Waals surface area contributed by atoms with Crippen LogP contribution in [0.1, 0.15) is 16.7 Å². The predicted octanol–water partition coefficient (Wildman–Crippen LogP) is 4.87. The van der Waals surface area contributed by atoms with Crippen molar-refractivity contribution in [1.82, 2.24) is 0 Å². The Morgan fingerprint density at radius 1 is 0.870 bits per heavy atom. The average Bonchev–Trinajstić information content (AvgIpc) is 2.62. The van der Waals surface area contributed by atoms with Gasteiger partial charge in [0.15, 0.2) is 0 Å². The molecule has 0 amide bonds. The summed E-state index contributed by atoms with van der Waals surface area (Å²) in [4.78, 5) is 0. The normalized spacial score (nSPS) is 11.3. The lowest BCUT2D eigenvalue weighted by Gasteiger charge is -2.13. The molecule has 0 heterocycles. The molecule has 0 fully saturated rings. The molecular weight excluding hydrogens is 282 g/mol. The van der Waals surface area contributed by atoms with Crippen LogP contribution < -0.4 is 10.5 Å². The van der Waals surface area contributed by atoms with Gasteiger partial charge in [0, 0.05) is 11.3 Å². The minimum absolute atomic E-state index is 0.733. The highest BCUT2D eigenvalue weighted by atomic mass is 16.5. The monoisotopic (exact) mass is 301 g/mol. The smallest absolute Gasteiger partial charge is 0.119 e. The van der Waals surface area contributed by atoms with Gasteiger partial charge in [0.2, 0.25) is 0 Å². The molecule has 23 heavy (non-hydrogen) atoms. The van der Waals surface area contributed by atoms with Gasteiger partial charge in [-0.2, -0.15) is 0 Å². The van der Waals surface area contributed by atoms with Gasteiger partial charge < -0.3 is 10.5 Å². The molecule has 0 aliphatic heterocycles. The Labute approximate surface area is 136 Å². The van der Waals surface area contributed by atoms with Gasteiger partial charge in [-0.15, -0.1) is 0 Å². The molecule has 0 atom stereocenters. The number of rotatable bonds is 4. The van der Waals surface area contributed by atoms with Crippen molar-refractivity contribution in [3.05, 3.63) is 95.6 Å². The molecule has 2 nitrogen and oxygen atoms in total. The van der Waals surface area contributed by atoms with Crippen molar-refractivity contribution >= 4 is 17.3 Å². The fourth-order valence-corrected chi connectivity index (χ4v) is 2.55. The third kappa shape index (κ3) is 3.43. The van der Waals surface area contributed by atoms with Gasteiger partial charge in [0.05, 0.1) is 7.11 Å². The van der Waals surface area contributed by atoms with Gasteiger partial charge in [-0.05, 0) is 41.0 Å². The minimum atomic E-state index is 0.733. The highest BCUT2D eigenvalue weighted by molar-refractivity contribution is 5.95. The summed E-state index contributed by atoms with van der Waals surface area (Å²) in [6.45, 7) is 0. The molecule has 0 unspecified atom stereocenters. The molecule has 0 radical (unpaired) electrons. The van der Waals surface area contributed by atoms with Crippen molar-refractivity contribution in [2.45, 2.75) is 0 Å². The van der Waals surface area contributed by atoms with Gasteiger partial charge >= 0.3 is 0 Å². The zero-order valence-corrected chi connectivity index (χ0v) is 13.1. The van der Waals surface area contributed by atoms with E-state index in [9.17, 15) is 0 Å². The van der Waals surface area contributed by atoms with Crippen molar-refractivity contribution in [2.24, 2.45) is 0 Å². The summed E-state index contributed by atoms with van der Waals surface area (Å²) in [5.41, 5.74) is 11.3. The first-order chi connectivity index (χ1) is 11.3. The van der Waals surface area contributed by atoms with E-state index in [0.29, 0.717) is 0 Å². The molecule has 0 spiro atoms. The van der Waals surface area contributed by atoms with E-state index < -0.39 is 0 Å². The largest absolute Gasteiger partial charge is 0.497 e. The number of nitrogen functional groups attached to an aromatic ring is 1. The van der Waals surface area contributed by atoms with Crippen molar-refractivity contribution in [1.29, 1.82) is 0 Å². The van der Waals surface area contributed by atoms with Gasteiger partial charge in [0.25, 0.3) is 0 Å². The molecule has 2 N–H and O–H groups in total. The van der Waals surface area contributed by atoms with Crippen LogP contribution in [0.4, 0.5) is 5.69 Å². The molecule has 2 heteroatoms. The van der Waals surface area contributed by atoms with Crippen LogP contribution in [0.5, 0.6) is 5.75 Å². The number of methoxy groups -OCH3 is 1. The third-order valence-electron chi connectivity index (χ3n) is 3.75. The molecule has 0 saturated carbocycles. The molecular formula is C21H19NO. The van der Waals surface area contributed by atoms with Crippen LogP contribution in [0.2, 0.25) is 0 Å². The van der Waals surface area contributed by atoms with E-state index in [1.54, 1.807) is 7.11 Å². The standard InChI is InChI=1S/C21H19NO/c1-23-18-12-13-21(22)20(15-18)19(17-10-6-3-7-11-17)14-16-8-4-2-5-9-16/h2-15H,22H2,1H3/b19-14+. The Balaban J connectivity index is 2.19. The Kier molecular flexibility index (Phi) is 4.44. The molecule has 0 aliphatic carbocycles. The molecule has 3 aromatic rings. The van der Waals surface area contributed by atoms with E-state index >= 15 is 0 Å². The maximum absolute atomic E-state index is 6.24. The lowest BCUT2D eigenvalue weighted by atomic mass is 9.94. The fraction of sp³-hybridized carbons (Fsp3) is 0.0476. The second kappa shape index (κ2) is 6.84. The maximum Gasteiger partial charge on any atom is 0.119 e.